The van der Waals surface area contributed by atoms with Crippen molar-refractivity contribution < 1.29 is 27.9 Å². The Balaban J connectivity index is 1.80. The molecule has 0 bridgehead atoms. The van der Waals surface area contributed by atoms with Crippen molar-refractivity contribution in [1.29, 1.82) is 0 Å². The van der Waals surface area contributed by atoms with Crippen LogP contribution in [0.4, 0.5) is 18.9 Å². The molecule has 38 heavy (non-hydrogen) atoms. The predicted molar refractivity (Wildman–Crippen MR) is 143 cm³/mol. The van der Waals surface area contributed by atoms with E-state index in [2.05, 4.69) is 24.5 Å². The molecule has 0 aliphatic carbocycles. The number of nitrogens with one attached hydrogen (secondary N) is 2. The third kappa shape index (κ3) is 7.60. The molecule has 0 radical (unpaired) electrons. The summed E-state index contributed by atoms with van der Waals surface area (Å²) in [5.41, 5.74) is 5.22. The average Bonchev–Trinajstić information content (AvgIpc) is 2.82. The zero-order valence-electron chi connectivity index (χ0n) is 21.9. The Morgan fingerprint density at radius 1 is 0.921 bits per heavy atom. The molecule has 0 heterocycles. The molecule has 202 valence electrons. The standard InChI is InChI=1S/C30H33F3N2O3/c1-18(2)15-26(21-5-7-23(8-6-21)29(38)34-14-13-27(36)37)35-25-16-19(3)28(20(4)17-25)22-9-11-24(12-10-22)30(31,32)33/h5-12,16-18,26,35H,13-15H2,1-4H3,(H,34,38)(H,36,37). The van der Waals surface area contributed by atoms with Gasteiger partial charge in [-0.3, -0.25) is 9.59 Å². The maximum Gasteiger partial charge on any atom is 0.416 e. The van der Waals surface area contributed by atoms with Gasteiger partial charge in [-0.2, -0.15) is 13.2 Å². The number of anilines is 1. The molecule has 0 aromatic heterocycles. The minimum absolute atomic E-state index is 0.0326. The van der Waals surface area contributed by atoms with Gasteiger partial charge in [0.25, 0.3) is 5.91 Å². The Labute approximate surface area is 221 Å². The maximum atomic E-state index is 13.0. The van der Waals surface area contributed by atoms with Gasteiger partial charge >= 0.3 is 12.1 Å². The first kappa shape index (κ1) is 28.8. The Kier molecular flexibility index (Phi) is 9.20. The van der Waals surface area contributed by atoms with Gasteiger partial charge in [0.15, 0.2) is 0 Å². The van der Waals surface area contributed by atoms with Gasteiger partial charge in [0.2, 0.25) is 0 Å². The number of aryl methyl sites for hydroxylation is 2. The van der Waals surface area contributed by atoms with Gasteiger partial charge in [0.1, 0.15) is 0 Å². The van der Waals surface area contributed by atoms with Gasteiger partial charge in [-0.05, 0) is 90.4 Å². The van der Waals surface area contributed by atoms with E-state index in [1.165, 1.54) is 12.1 Å². The molecule has 3 aromatic carbocycles. The zero-order chi connectivity index (χ0) is 28.0. The minimum atomic E-state index is -4.37. The number of amides is 1. The second-order valence-corrected chi connectivity index (χ2v) is 9.91. The monoisotopic (exact) mass is 526 g/mol. The number of hydrogen-bond acceptors (Lipinski definition) is 3. The molecule has 3 N–H and O–H groups in total. The number of carboxylic acids is 1. The van der Waals surface area contributed by atoms with E-state index in [1.54, 1.807) is 12.1 Å². The van der Waals surface area contributed by atoms with E-state index in [0.29, 0.717) is 11.5 Å². The number of carbonyl (C=O) groups excluding carboxylic acids is 1. The van der Waals surface area contributed by atoms with E-state index in [4.69, 9.17) is 5.11 Å². The topological polar surface area (TPSA) is 78.4 Å². The summed E-state index contributed by atoms with van der Waals surface area (Å²) in [5, 5.41) is 14.9. The van der Waals surface area contributed by atoms with Gasteiger partial charge < -0.3 is 15.7 Å². The van der Waals surface area contributed by atoms with Crippen molar-refractivity contribution in [3.8, 4) is 11.1 Å². The second-order valence-electron chi connectivity index (χ2n) is 9.91. The summed E-state index contributed by atoms with van der Waals surface area (Å²) in [6, 6.07) is 16.4. The van der Waals surface area contributed by atoms with Crippen molar-refractivity contribution >= 4 is 17.6 Å². The number of rotatable bonds is 10. The quantitative estimate of drug-likeness (QED) is 0.257. The molecule has 3 rings (SSSR count). The first-order valence-corrected chi connectivity index (χ1v) is 12.5. The fourth-order valence-electron chi connectivity index (χ4n) is 4.53. The number of aliphatic carboxylic acids is 1. The normalized spacial score (nSPS) is 12.3. The molecule has 8 heteroatoms. The highest BCUT2D eigenvalue weighted by Gasteiger charge is 2.30. The molecule has 0 saturated heterocycles. The van der Waals surface area contributed by atoms with Crippen LogP contribution in [0, 0.1) is 19.8 Å². The van der Waals surface area contributed by atoms with Gasteiger partial charge in [-0.25, -0.2) is 0 Å². The van der Waals surface area contributed by atoms with Crippen LogP contribution in [0.3, 0.4) is 0 Å². The number of benzene rings is 3. The van der Waals surface area contributed by atoms with E-state index in [0.717, 1.165) is 52.1 Å². The van der Waals surface area contributed by atoms with Gasteiger partial charge in [-0.15, -0.1) is 0 Å². The van der Waals surface area contributed by atoms with Crippen LogP contribution < -0.4 is 10.6 Å². The zero-order valence-corrected chi connectivity index (χ0v) is 21.9. The first-order chi connectivity index (χ1) is 17.8. The van der Waals surface area contributed by atoms with Crippen LogP contribution in [0.25, 0.3) is 11.1 Å². The maximum absolute atomic E-state index is 13.0. The highest BCUT2D eigenvalue weighted by molar-refractivity contribution is 5.94. The highest BCUT2D eigenvalue weighted by Crippen LogP contribution is 2.35. The Hall–Kier alpha value is -3.81. The lowest BCUT2D eigenvalue weighted by atomic mass is 9.93. The van der Waals surface area contributed by atoms with Crippen molar-refractivity contribution in [1.82, 2.24) is 5.32 Å². The van der Waals surface area contributed by atoms with Gasteiger partial charge in [0, 0.05) is 17.8 Å². The lowest BCUT2D eigenvalue weighted by Crippen LogP contribution is -2.26. The first-order valence-electron chi connectivity index (χ1n) is 12.5. The fraction of sp³-hybridized carbons (Fsp3) is 0.333. The van der Waals surface area contributed by atoms with Crippen LogP contribution in [0.1, 0.15) is 65.3 Å². The van der Waals surface area contributed by atoms with Crippen molar-refractivity contribution in [2.75, 3.05) is 11.9 Å². The summed E-state index contributed by atoms with van der Waals surface area (Å²) in [6.45, 7) is 8.21. The molecule has 1 unspecified atom stereocenters. The number of carboxylic acid groups (broad SMARTS) is 1. The van der Waals surface area contributed by atoms with Crippen LogP contribution in [0.15, 0.2) is 60.7 Å². The molecular weight excluding hydrogens is 493 g/mol. The van der Waals surface area contributed by atoms with E-state index < -0.39 is 17.7 Å². The molecule has 3 aromatic rings. The van der Waals surface area contributed by atoms with E-state index in [-0.39, 0.29) is 24.9 Å². The van der Waals surface area contributed by atoms with Crippen LogP contribution in [0.5, 0.6) is 0 Å². The molecule has 0 aliphatic rings. The fourth-order valence-corrected chi connectivity index (χ4v) is 4.53. The predicted octanol–water partition coefficient (Wildman–Crippen LogP) is 7.39. The summed E-state index contributed by atoms with van der Waals surface area (Å²) < 4.78 is 38.9. The van der Waals surface area contributed by atoms with Crippen molar-refractivity contribution in [2.45, 2.75) is 52.8 Å². The Morgan fingerprint density at radius 2 is 1.50 bits per heavy atom. The van der Waals surface area contributed by atoms with Crippen LogP contribution in [-0.2, 0) is 11.0 Å². The van der Waals surface area contributed by atoms with Crippen molar-refractivity contribution in [3.63, 3.8) is 0 Å². The summed E-state index contributed by atoms with van der Waals surface area (Å²) in [5.74, 6) is -0.905. The highest BCUT2D eigenvalue weighted by atomic mass is 19.4. The van der Waals surface area contributed by atoms with Crippen molar-refractivity contribution in [3.05, 3.63) is 88.5 Å². The van der Waals surface area contributed by atoms with Crippen LogP contribution >= 0.6 is 0 Å². The van der Waals surface area contributed by atoms with E-state index >= 15 is 0 Å². The Morgan fingerprint density at radius 3 is 2.00 bits per heavy atom. The summed E-state index contributed by atoms with van der Waals surface area (Å²) in [4.78, 5) is 22.9. The summed E-state index contributed by atoms with van der Waals surface area (Å²) in [7, 11) is 0. The molecule has 0 fully saturated rings. The number of carbonyl (C=O) groups is 2. The largest absolute Gasteiger partial charge is 0.481 e. The number of alkyl halides is 3. The Bertz CT molecular complexity index is 1240. The number of hydrogen-bond donors (Lipinski definition) is 3. The lowest BCUT2D eigenvalue weighted by molar-refractivity contribution is -0.138. The third-order valence-corrected chi connectivity index (χ3v) is 6.28. The van der Waals surface area contributed by atoms with Crippen LogP contribution in [0.2, 0.25) is 0 Å². The average molecular weight is 527 g/mol. The smallest absolute Gasteiger partial charge is 0.416 e. The van der Waals surface area contributed by atoms with Crippen LogP contribution in [-0.4, -0.2) is 23.5 Å². The van der Waals surface area contributed by atoms with Gasteiger partial charge in [-0.1, -0.05) is 38.1 Å². The molecule has 0 saturated carbocycles. The van der Waals surface area contributed by atoms with Gasteiger partial charge in [0.05, 0.1) is 18.0 Å². The molecule has 5 nitrogen and oxygen atoms in total. The molecular formula is C30H33F3N2O3. The molecule has 1 atom stereocenters. The third-order valence-electron chi connectivity index (χ3n) is 6.28. The molecule has 0 aliphatic heterocycles. The van der Waals surface area contributed by atoms with Crippen molar-refractivity contribution in [2.24, 2.45) is 5.92 Å². The lowest BCUT2D eigenvalue weighted by Gasteiger charge is -2.24. The minimum Gasteiger partial charge on any atom is -0.481 e. The van der Waals surface area contributed by atoms with E-state index in [1.807, 2.05) is 38.1 Å². The second kappa shape index (κ2) is 12.2. The molecule has 1 amide bonds. The summed E-state index contributed by atoms with van der Waals surface area (Å²) >= 11 is 0. The van der Waals surface area contributed by atoms with E-state index in [9.17, 15) is 22.8 Å². The number of halogens is 3. The summed E-state index contributed by atoms with van der Waals surface area (Å²) in [6.07, 6.45) is -3.67. The SMILES string of the molecule is Cc1cc(NC(CC(C)C)c2ccc(C(=O)NCCC(=O)O)cc2)cc(C)c1-c1ccc(C(F)(F)F)cc1. The molecule has 0 spiro atoms.